The molecule has 4 nitrogen and oxygen atoms in total. The van der Waals surface area contributed by atoms with Crippen molar-refractivity contribution in [2.75, 3.05) is 11.5 Å². The Morgan fingerprint density at radius 3 is 2.17 bits per heavy atom. The van der Waals surface area contributed by atoms with Crippen LogP contribution in [-0.4, -0.2) is 9.97 Å². The minimum Gasteiger partial charge on any atom is -0.383 e. The van der Waals surface area contributed by atoms with E-state index in [1.807, 2.05) is 6.92 Å². The fourth-order valence-electron chi connectivity index (χ4n) is 2.24. The first kappa shape index (κ1) is 12.4. The number of nitrogens with zero attached hydrogens (tertiary/aromatic N) is 2. The summed E-state index contributed by atoms with van der Waals surface area (Å²) in [5.74, 6) is 0.682. The molecule has 1 heterocycles. The van der Waals surface area contributed by atoms with Crippen LogP contribution in [0.15, 0.2) is 18.2 Å². The number of benzene rings is 1. The van der Waals surface area contributed by atoms with Crippen LogP contribution in [0.4, 0.5) is 11.8 Å². The van der Waals surface area contributed by atoms with E-state index in [2.05, 4.69) is 42.0 Å². The van der Waals surface area contributed by atoms with Gasteiger partial charge in [-0.25, -0.2) is 4.98 Å². The molecule has 94 valence electrons. The summed E-state index contributed by atoms with van der Waals surface area (Å²) in [4.78, 5) is 8.34. The van der Waals surface area contributed by atoms with Crippen molar-refractivity contribution in [2.24, 2.45) is 0 Å². The van der Waals surface area contributed by atoms with Crippen LogP contribution in [0.3, 0.4) is 0 Å². The summed E-state index contributed by atoms with van der Waals surface area (Å²) in [5.41, 5.74) is 16.9. The Hall–Kier alpha value is -2.10. The second-order valence-corrected chi connectivity index (χ2v) is 4.52. The first-order valence-corrected chi connectivity index (χ1v) is 6.01. The average molecular weight is 242 g/mol. The molecule has 0 spiro atoms. The average Bonchev–Trinajstić information content (AvgIpc) is 2.26. The van der Waals surface area contributed by atoms with Crippen molar-refractivity contribution in [1.29, 1.82) is 0 Å². The van der Waals surface area contributed by atoms with Gasteiger partial charge in [-0.3, -0.25) is 0 Å². The van der Waals surface area contributed by atoms with Crippen molar-refractivity contribution in [3.63, 3.8) is 0 Å². The second-order valence-electron chi connectivity index (χ2n) is 4.52. The number of rotatable bonds is 2. The molecule has 0 unspecified atom stereocenters. The van der Waals surface area contributed by atoms with E-state index in [4.69, 9.17) is 11.5 Å². The molecule has 2 rings (SSSR count). The molecule has 0 saturated carbocycles. The molecule has 2 aromatic rings. The van der Waals surface area contributed by atoms with Gasteiger partial charge >= 0.3 is 0 Å². The molecule has 1 aromatic carbocycles. The summed E-state index contributed by atoms with van der Waals surface area (Å²) in [5, 5.41) is 0. The first-order valence-electron chi connectivity index (χ1n) is 6.01. The van der Waals surface area contributed by atoms with Crippen molar-refractivity contribution in [3.8, 4) is 11.1 Å². The highest BCUT2D eigenvalue weighted by atomic mass is 15.0. The van der Waals surface area contributed by atoms with E-state index in [1.165, 1.54) is 11.1 Å². The SMILES string of the molecule is CCc1nc(N)nc(N)c1-c1cc(C)cc(C)c1. The quantitative estimate of drug-likeness (QED) is 0.848. The minimum absolute atomic E-state index is 0.234. The smallest absolute Gasteiger partial charge is 0.222 e. The maximum atomic E-state index is 6.00. The van der Waals surface area contributed by atoms with E-state index in [-0.39, 0.29) is 5.95 Å². The lowest BCUT2D eigenvalue weighted by atomic mass is 9.99. The van der Waals surface area contributed by atoms with E-state index < -0.39 is 0 Å². The van der Waals surface area contributed by atoms with Crippen molar-refractivity contribution < 1.29 is 0 Å². The Kier molecular flexibility index (Phi) is 3.19. The van der Waals surface area contributed by atoms with Crippen LogP contribution in [0.1, 0.15) is 23.7 Å². The van der Waals surface area contributed by atoms with Gasteiger partial charge in [-0.1, -0.05) is 36.2 Å². The number of aromatic nitrogens is 2. The van der Waals surface area contributed by atoms with Crippen LogP contribution in [0.2, 0.25) is 0 Å². The molecule has 0 aliphatic rings. The molecule has 4 heteroatoms. The van der Waals surface area contributed by atoms with Gasteiger partial charge in [-0.15, -0.1) is 0 Å². The predicted molar refractivity (Wildman–Crippen MR) is 75.1 cm³/mol. The van der Waals surface area contributed by atoms with E-state index >= 15 is 0 Å². The maximum Gasteiger partial charge on any atom is 0.222 e. The third-order valence-corrected chi connectivity index (χ3v) is 2.87. The lowest BCUT2D eigenvalue weighted by molar-refractivity contribution is 1.02. The van der Waals surface area contributed by atoms with Gasteiger partial charge in [-0.05, 0) is 25.8 Å². The van der Waals surface area contributed by atoms with Crippen LogP contribution in [0.25, 0.3) is 11.1 Å². The summed E-state index contributed by atoms with van der Waals surface area (Å²) >= 11 is 0. The van der Waals surface area contributed by atoms with Crippen LogP contribution in [0, 0.1) is 13.8 Å². The molecule has 0 amide bonds. The normalized spacial score (nSPS) is 10.6. The Morgan fingerprint density at radius 1 is 1.00 bits per heavy atom. The number of nitrogen functional groups attached to an aromatic ring is 2. The van der Waals surface area contributed by atoms with Crippen molar-refractivity contribution >= 4 is 11.8 Å². The van der Waals surface area contributed by atoms with Crippen molar-refractivity contribution in [1.82, 2.24) is 9.97 Å². The summed E-state index contributed by atoms with van der Waals surface area (Å²) in [7, 11) is 0. The van der Waals surface area contributed by atoms with E-state index in [0.717, 1.165) is 23.2 Å². The number of aryl methyl sites for hydroxylation is 3. The highest BCUT2D eigenvalue weighted by molar-refractivity contribution is 5.77. The lowest BCUT2D eigenvalue weighted by Crippen LogP contribution is -2.06. The van der Waals surface area contributed by atoms with Crippen LogP contribution >= 0.6 is 0 Å². The van der Waals surface area contributed by atoms with Gasteiger partial charge in [0.25, 0.3) is 0 Å². The van der Waals surface area contributed by atoms with Crippen molar-refractivity contribution in [2.45, 2.75) is 27.2 Å². The third-order valence-electron chi connectivity index (χ3n) is 2.87. The summed E-state index contributed by atoms with van der Waals surface area (Å²) in [6, 6.07) is 6.32. The largest absolute Gasteiger partial charge is 0.383 e. The van der Waals surface area contributed by atoms with E-state index in [1.54, 1.807) is 0 Å². The number of hydrogen-bond acceptors (Lipinski definition) is 4. The Morgan fingerprint density at radius 2 is 1.61 bits per heavy atom. The number of anilines is 2. The molecule has 0 aliphatic carbocycles. The van der Waals surface area contributed by atoms with Gasteiger partial charge in [-0.2, -0.15) is 4.98 Å². The maximum absolute atomic E-state index is 6.00. The van der Waals surface area contributed by atoms with Gasteiger partial charge in [0, 0.05) is 5.56 Å². The molecule has 1 aromatic heterocycles. The Labute approximate surface area is 107 Å². The molecule has 0 aliphatic heterocycles. The number of hydrogen-bond donors (Lipinski definition) is 2. The minimum atomic E-state index is 0.234. The van der Waals surface area contributed by atoms with E-state index in [9.17, 15) is 0 Å². The van der Waals surface area contributed by atoms with Gasteiger partial charge in [0.1, 0.15) is 5.82 Å². The topological polar surface area (TPSA) is 77.8 Å². The summed E-state index contributed by atoms with van der Waals surface area (Å²) in [6.07, 6.45) is 0.777. The van der Waals surface area contributed by atoms with Gasteiger partial charge < -0.3 is 11.5 Å². The fraction of sp³-hybridized carbons (Fsp3) is 0.286. The highest BCUT2D eigenvalue weighted by Gasteiger charge is 2.12. The first-order chi connectivity index (χ1) is 8.51. The molecule has 0 fully saturated rings. The zero-order valence-electron chi connectivity index (χ0n) is 11.0. The van der Waals surface area contributed by atoms with Crippen molar-refractivity contribution in [3.05, 3.63) is 35.0 Å². The predicted octanol–water partition coefficient (Wildman–Crippen LogP) is 2.49. The number of nitrogens with two attached hydrogens (primary N) is 2. The monoisotopic (exact) mass is 242 g/mol. The zero-order chi connectivity index (χ0) is 13.3. The molecule has 0 saturated heterocycles. The van der Waals surface area contributed by atoms with Crippen LogP contribution in [0.5, 0.6) is 0 Å². The Bertz CT molecular complexity index is 570. The molecule has 0 atom stereocenters. The molecular formula is C14H18N4. The molecule has 18 heavy (non-hydrogen) atoms. The molecule has 0 bridgehead atoms. The van der Waals surface area contributed by atoms with Gasteiger partial charge in [0.15, 0.2) is 0 Å². The lowest BCUT2D eigenvalue weighted by Gasteiger charge is -2.12. The second kappa shape index (κ2) is 4.64. The van der Waals surface area contributed by atoms with E-state index in [0.29, 0.717) is 5.82 Å². The Balaban J connectivity index is 2.69. The third kappa shape index (κ3) is 2.27. The summed E-state index contributed by atoms with van der Waals surface area (Å²) in [6.45, 7) is 6.17. The standard InChI is InChI=1S/C14H18N4/c1-4-11-12(13(15)18-14(16)17-11)10-6-8(2)5-9(3)7-10/h5-7H,4H2,1-3H3,(H4,15,16,17,18). The molecular weight excluding hydrogens is 224 g/mol. The van der Waals surface area contributed by atoms with Crippen LogP contribution < -0.4 is 11.5 Å². The molecule has 4 N–H and O–H groups in total. The highest BCUT2D eigenvalue weighted by Crippen LogP contribution is 2.30. The summed E-state index contributed by atoms with van der Waals surface area (Å²) < 4.78 is 0. The fourth-order valence-corrected chi connectivity index (χ4v) is 2.24. The van der Waals surface area contributed by atoms with Gasteiger partial charge in [0.05, 0.1) is 5.69 Å². The zero-order valence-corrected chi connectivity index (χ0v) is 11.0. The van der Waals surface area contributed by atoms with Gasteiger partial charge in [0.2, 0.25) is 5.95 Å². The van der Waals surface area contributed by atoms with Crippen LogP contribution in [-0.2, 0) is 6.42 Å². The molecule has 0 radical (unpaired) electrons.